The predicted molar refractivity (Wildman–Crippen MR) is 96.2 cm³/mol. The molecule has 2 heterocycles. The van der Waals surface area contributed by atoms with Crippen LogP contribution in [0.4, 0.5) is 0 Å². The number of carbonyl (C=O) groups excluding carboxylic acids is 1. The maximum absolute atomic E-state index is 12.5. The number of piperazine rings is 1. The summed E-state index contributed by atoms with van der Waals surface area (Å²) in [7, 11) is -1.49. The van der Waals surface area contributed by atoms with Crippen molar-refractivity contribution >= 4 is 15.7 Å². The number of sulfone groups is 1. The Morgan fingerprint density at radius 1 is 1.20 bits per heavy atom. The predicted octanol–water partition coefficient (Wildman–Crippen LogP) is 1.16. The van der Waals surface area contributed by atoms with E-state index in [-0.39, 0.29) is 35.4 Å². The first-order chi connectivity index (χ1) is 11.8. The molecule has 1 aromatic carbocycles. The van der Waals surface area contributed by atoms with Gasteiger partial charge in [0, 0.05) is 37.2 Å². The summed E-state index contributed by atoms with van der Waals surface area (Å²) in [6, 6.07) is 7.40. The van der Waals surface area contributed by atoms with Gasteiger partial charge >= 0.3 is 0 Å². The van der Waals surface area contributed by atoms with Crippen LogP contribution in [0.1, 0.15) is 19.4 Å². The monoisotopic (exact) mass is 366 g/mol. The zero-order valence-corrected chi connectivity index (χ0v) is 15.8. The SMILES string of the molecule is COc1ccccc1CN1CCN(C(=O)C(C)C)[C@H]2CS(=O)(=O)C[C@H]21. The van der Waals surface area contributed by atoms with Gasteiger partial charge in [-0.3, -0.25) is 9.69 Å². The summed E-state index contributed by atoms with van der Waals surface area (Å²) in [4.78, 5) is 16.5. The molecule has 7 heteroatoms. The minimum Gasteiger partial charge on any atom is -0.496 e. The number of ether oxygens (including phenoxy) is 1. The van der Waals surface area contributed by atoms with Gasteiger partial charge in [-0.15, -0.1) is 0 Å². The molecular weight excluding hydrogens is 340 g/mol. The minimum absolute atomic E-state index is 0.0454. The van der Waals surface area contributed by atoms with Crippen molar-refractivity contribution in [1.82, 2.24) is 9.80 Å². The number of benzene rings is 1. The molecule has 6 nitrogen and oxygen atoms in total. The van der Waals surface area contributed by atoms with Crippen LogP contribution in [-0.4, -0.2) is 67.9 Å². The molecule has 2 aliphatic heterocycles. The van der Waals surface area contributed by atoms with E-state index in [4.69, 9.17) is 4.74 Å². The first-order valence-electron chi connectivity index (χ1n) is 8.69. The van der Waals surface area contributed by atoms with Gasteiger partial charge in [0.2, 0.25) is 5.91 Å². The first kappa shape index (κ1) is 18.2. The third kappa shape index (κ3) is 3.67. The highest BCUT2D eigenvalue weighted by Crippen LogP contribution is 2.30. The van der Waals surface area contributed by atoms with Crippen LogP contribution in [0.2, 0.25) is 0 Å². The van der Waals surface area contributed by atoms with Gasteiger partial charge in [-0.2, -0.15) is 0 Å². The van der Waals surface area contributed by atoms with Gasteiger partial charge in [-0.25, -0.2) is 8.42 Å². The number of para-hydroxylation sites is 1. The number of carbonyl (C=O) groups is 1. The Morgan fingerprint density at radius 3 is 2.56 bits per heavy atom. The maximum atomic E-state index is 12.5. The van der Waals surface area contributed by atoms with Crippen LogP contribution in [0.3, 0.4) is 0 Å². The molecule has 0 unspecified atom stereocenters. The highest BCUT2D eigenvalue weighted by Gasteiger charge is 2.48. The zero-order valence-electron chi connectivity index (χ0n) is 15.0. The van der Waals surface area contributed by atoms with Crippen LogP contribution in [0, 0.1) is 5.92 Å². The molecule has 25 heavy (non-hydrogen) atoms. The first-order valence-corrected chi connectivity index (χ1v) is 10.5. The normalized spacial score (nSPS) is 25.8. The molecule has 0 N–H and O–H groups in total. The second-order valence-electron chi connectivity index (χ2n) is 7.18. The molecule has 0 aromatic heterocycles. The Kier molecular flexibility index (Phi) is 5.06. The molecule has 0 aliphatic carbocycles. The van der Waals surface area contributed by atoms with Crippen molar-refractivity contribution in [3.63, 3.8) is 0 Å². The molecule has 0 spiro atoms. The summed E-state index contributed by atoms with van der Waals surface area (Å²) in [6.07, 6.45) is 0. The number of rotatable bonds is 4. The Hall–Kier alpha value is -1.60. The summed E-state index contributed by atoms with van der Waals surface area (Å²) in [5, 5.41) is 0. The fourth-order valence-electron chi connectivity index (χ4n) is 3.88. The molecule has 1 aromatic rings. The third-order valence-corrected chi connectivity index (χ3v) is 6.83. The Balaban J connectivity index is 1.85. The summed E-state index contributed by atoms with van der Waals surface area (Å²) in [6.45, 7) is 5.60. The smallest absolute Gasteiger partial charge is 0.225 e. The molecule has 138 valence electrons. The minimum atomic E-state index is -3.13. The second kappa shape index (κ2) is 6.96. The quantitative estimate of drug-likeness (QED) is 0.800. The lowest BCUT2D eigenvalue weighted by molar-refractivity contribution is -0.140. The molecule has 1 amide bonds. The van der Waals surface area contributed by atoms with E-state index in [0.29, 0.717) is 19.6 Å². The van der Waals surface area contributed by atoms with Crippen LogP contribution < -0.4 is 4.74 Å². The Bertz CT molecular complexity index is 747. The molecule has 2 aliphatic rings. The zero-order chi connectivity index (χ0) is 18.2. The van der Waals surface area contributed by atoms with Crippen LogP contribution in [-0.2, 0) is 21.2 Å². The fraction of sp³-hybridized carbons (Fsp3) is 0.611. The molecule has 2 saturated heterocycles. The van der Waals surface area contributed by atoms with Crippen molar-refractivity contribution < 1.29 is 17.9 Å². The standard InChI is InChI=1S/C18H26N2O4S/c1-13(2)18(21)20-9-8-19(15-11-25(22,23)12-16(15)20)10-14-6-4-5-7-17(14)24-3/h4-7,13,15-16H,8-12H2,1-3H3/t15-,16+/m1/s1. The number of hydrogen-bond acceptors (Lipinski definition) is 5. The number of amides is 1. The lowest BCUT2D eigenvalue weighted by Crippen LogP contribution is -2.60. The summed E-state index contributed by atoms with van der Waals surface area (Å²) >= 11 is 0. The van der Waals surface area contributed by atoms with Crippen molar-refractivity contribution in [1.29, 1.82) is 0 Å². The van der Waals surface area contributed by atoms with E-state index in [0.717, 1.165) is 11.3 Å². The fourth-order valence-corrected chi connectivity index (χ4v) is 5.89. The topological polar surface area (TPSA) is 66.9 Å². The molecule has 0 saturated carbocycles. The van der Waals surface area contributed by atoms with Gasteiger partial charge < -0.3 is 9.64 Å². The van der Waals surface area contributed by atoms with Crippen molar-refractivity contribution in [2.24, 2.45) is 5.92 Å². The van der Waals surface area contributed by atoms with Crippen molar-refractivity contribution in [2.75, 3.05) is 31.7 Å². The van der Waals surface area contributed by atoms with Gasteiger partial charge in [-0.05, 0) is 6.07 Å². The van der Waals surface area contributed by atoms with Crippen molar-refractivity contribution in [3.8, 4) is 5.75 Å². The number of methoxy groups -OCH3 is 1. The molecule has 2 fully saturated rings. The van der Waals surface area contributed by atoms with Crippen LogP contribution in [0.15, 0.2) is 24.3 Å². The van der Waals surface area contributed by atoms with E-state index in [2.05, 4.69) is 4.90 Å². The summed E-state index contributed by atoms with van der Waals surface area (Å²) < 4.78 is 30.0. The molecular formula is C18H26N2O4S. The van der Waals surface area contributed by atoms with Crippen LogP contribution in [0.5, 0.6) is 5.75 Å². The van der Waals surface area contributed by atoms with Gasteiger partial charge in [0.25, 0.3) is 0 Å². The van der Waals surface area contributed by atoms with E-state index < -0.39 is 9.84 Å². The van der Waals surface area contributed by atoms with Crippen molar-refractivity contribution in [2.45, 2.75) is 32.5 Å². The average molecular weight is 366 g/mol. The molecule has 2 atom stereocenters. The summed E-state index contributed by atoms with van der Waals surface area (Å²) in [5.41, 5.74) is 1.04. The largest absolute Gasteiger partial charge is 0.496 e. The van der Waals surface area contributed by atoms with Gasteiger partial charge in [-0.1, -0.05) is 32.0 Å². The second-order valence-corrected chi connectivity index (χ2v) is 9.33. The highest BCUT2D eigenvalue weighted by molar-refractivity contribution is 7.91. The van der Waals surface area contributed by atoms with Gasteiger partial charge in [0.15, 0.2) is 9.84 Å². The lowest BCUT2D eigenvalue weighted by atomic mass is 10.0. The average Bonchev–Trinajstić information content (AvgIpc) is 2.90. The highest BCUT2D eigenvalue weighted by atomic mass is 32.2. The van der Waals surface area contributed by atoms with E-state index in [1.165, 1.54) is 0 Å². The van der Waals surface area contributed by atoms with Gasteiger partial charge in [0.05, 0.1) is 24.7 Å². The molecule has 3 rings (SSSR count). The Labute approximate surface area is 149 Å². The van der Waals surface area contributed by atoms with E-state index in [1.54, 1.807) is 12.0 Å². The lowest BCUT2D eigenvalue weighted by Gasteiger charge is -2.44. The number of fused-ring (bicyclic) bond motifs is 1. The van der Waals surface area contributed by atoms with E-state index >= 15 is 0 Å². The van der Waals surface area contributed by atoms with Crippen LogP contribution >= 0.6 is 0 Å². The number of hydrogen-bond donors (Lipinski definition) is 0. The maximum Gasteiger partial charge on any atom is 0.225 e. The third-order valence-electron chi connectivity index (χ3n) is 5.13. The molecule has 0 bridgehead atoms. The van der Waals surface area contributed by atoms with E-state index in [9.17, 15) is 13.2 Å². The van der Waals surface area contributed by atoms with E-state index in [1.807, 2.05) is 38.1 Å². The number of nitrogens with zero attached hydrogens (tertiary/aromatic N) is 2. The van der Waals surface area contributed by atoms with Crippen LogP contribution in [0.25, 0.3) is 0 Å². The Morgan fingerprint density at radius 2 is 1.88 bits per heavy atom. The van der Waals surface area contributed by atoms with Gasteiger partial charge in [0.1, 0.15) is 5.75 Å². The summed E-state index contributed by atoms with van der Waals surface area (Å²) in [5.74, 6) is 0.919. The molecule has 0 radical (unpaired) electrons. The van der Waals surface area contributed by atoms with Crippen molar-refractivity contribution in [3.05, 3.63) is 29.8 Å².